The van der Waals surface area contributed by atoms with Crippen LogP contribution >= 0.6 is 0 Å². The Bertz CT molecular complexity index is 876. The van der Waals surface area contributed by atoms with E-state index >= 15 is 0 Å². The molecule has 154 valence electrons. The number of aromatic nitrogens is 2. The molecule has 1 aliphatic carbocycles. The number of rotatable bonds is 5. The molecule has 1 N–H and O–H groups in total. The van der Waals surface area contributed by atoms with Crippen molar-refractivity contribution in [2.45, 2.75) is 51.1 Å². The van der Waals surface area contributed by atoms with E-state index in [9.17, 15) is 4.79 Å². The summed E-state index contributed by atoms with van der Waals surface area (Å²) in [7, 11) is 3.47. The summed E-state index contributed by atoms with van der Waals surface area (Å²) in [6, 6.07) is 11.9. The molecule has 1 aromatic heterocycles. The Morgan fingerprint density at radius 3 is 2.52 bits per heavy atom. The monoisotopic (exact) mass is 393 g/mol. The largest absolute Gasteiger partial charge is 0.355 e. The van der Waals surface area contributed by atoms with Gasteiger partial charge in [0.05, 0.1) is 0 Å². The van der Waals surface area contributed by atoms with Crippen LogP contribution in [0.4, 0.5) is 5.82 Å². The molecular weight excluding hydrogens is 362 g/mol. The highest BCUT2D eigenvalue weighted by atomic mass is 16.2. The first-order valence-corrected chi connectivity index (χ1v) is 10.5. The SMILES string of the molecule is Cc1nc(C(=O)N(C)C)nc(N2CC[C@@H](NC3CC(c4ccccc4)C3)C2)c1C. The molecule has 2 fully saturated rings. The molecule has 2 aliphatic rings. The van der Waals surface area contributed by atoms with Crippen molar-refractivity contribution in [1.29, 1.82) is 0 Å². The van der Waals surface area contributed by atoms with E-state index in [1.807, 2.05) is 13.8 Å². The number of hydrogen-bond donors (Lipinski definition) is 1. The first kappa shape index (κ1) is 19.8. The van der Waals surface area contributed by atoms with E-state index in [0.717, 1.165) is 36.6 Å². The minimum absolute atomic E-state index is 0.148. The Hall–Kier alpha value is -2.47. The van der Waals surface area contributed by atoms with Gasteiger partial charge in [0, 0.05) is 50.5 Å². The lowest BCUT2D eigenvalue weighted by Gasteiger charge is -2.38. The summed E-state index contributed by atoms with van der Waals surface area (Å²) in [5.41, 5.74) is 3.40. The van der Waals surface area contributed by atoms with Crippen LogP contribution in [0.1, 0.15) is 52.6 Å². The molecule has 1 saturated heterocycles. The fourth-order valence-corrected chi connectivity index (χ4v) is 4.39. The first-order chi connectivity index (χ1) is 13.9. The number of carbonyl (C=O) groups is 1. The minimum atomic E-state index is -0.148. The zero-order valence-electron chi connectivity index (χ0n) is 17.9. The normalized spacial score (nSPS) is 23.7. The third-order valence-corrected chi connectivity index (χ3v) is 6.33. The maximum atomic E-state index is 12.3. The van der Waals surface area contributed by atoms with Crippen molar-refractivity contribution in [3.8, 4) is 0 Å². The molecule has 6 nitrogen and oxygen atoms in total. The molecule has 2 aromatic rings. The molecule has 1 aliphatic heterocycles. The summed E-state index contributed by atoms with van der Waals surface area (Å²) in [6.07, 6.45) is 3.53. The quantitative estimate of drug-likeness (QED) is 0.846. The van der Waals surface area contributed by atoms with E-state index in [1.54, 1.807) is 14.1 Å². The van der Waals surface area contributed by atoms with Gasteiger partial charge in [-0.05, 0) is 44.6 Å². The molecule has 29 heavy (non-hydrogen) atoms. The fraction of sp³-hybridized carbons (Fsp3) is 0.522. The van der Waals surface area contributed by atoms with Crippen LogP contribution in [0.15, 0.2) is 30.3 Å². The van der Waals surface area contributed by atoms with Crippen LogP contribution in [-0.2, 0) is 0 Å². The average molecular weight is 394 g/mol. The minimum Gasteiger partial charge on any atom is -0.355 e. The van der Waals surface area contributed by atoms with Gasteiger partial charge in [-0.3, -0.25) is 4.79 Å². The van der Waals surface area contributed by atoms with E-state index in [2.05, 4.69) is 50.5 Å². The summed E-state index contributed by atoms with van der Waals surface area (Å²) < 4.78 is 0. The second-order valence-electron chi connectivity index (χ2n) is 8.66. The number of nitrogens with one attached hydrogen (secondary N) is 1. The average Bonchev–Trinajstić information content (AvgIpc) is 3.14. The number of carbonyl (C=O) groups excluding carboxylic acids is 1. The van der Waals surface area contributed by atoms with Gasteiger partial charge in [0.1, 0.15) is 5.82 Å². The number of amides is 1. The van der Waals surface area contributed by atoms with E-state index in [0.29, 0.717) is 18.0 Å². The number of anilines is 1. The highest BCUT2D eigenvalue weighted by Gasteiger charge is 2.34. The van der Waals surface area contributed by atoms with Gasteiger partial charge in [0.25, 0.3) is 5.91 Å². The van der Waals surface area contributed by atoms with E-state index in [1.165, 1.54) is 23.3 Å². The Balaban J connectivity index is 1.37. The summed E-state index contributed by atoms with van der Waals surface area (Å²) in [5.74, 6) is 1.74. The molecule has 0 radical (unpaired) electrons. The highest BCUT2D eigenvalue weighted by Crippen LogP contribution is 2.37. The topological polar surface area (TPSA) is 61.4 Å². The van der Waals surface area contributed by atoms with E-state index in [4.69, 9.17) is 0 Å². The lowest BCUT2D eigenvalue weighted by Crippen LogP contribution is -2.46. The summed E-state index contributed by atoms with van der Waals surface area (Å²) in [4.78, 5) is 25.2. The predicted molar refractivity (Wildman–Crippen MR) is 115 cm³/mol. The maximum absolute atomic E-state index is 12.3. The summed E-state index contributed by atoms with van der Waals surface area (Å²) in [5, 5.41) is 3.84. The lowest BCUT2D eigenvalue weighted by molar-refractivity contribution is 0.0815. The van der Waals surface area contributed by atoms with Crippen molar-refractivity contribution >= 4 is 11.7 Å². The van der Waals surface area contributed by atoms with Crippen LogP contribution in [0, 0.1) is 13.8 Å². The molecule has 0 spiro atoms. The Morgan fingerprint density at radius 2 is 1.83 bits per heavy atom. The standard InChI is InChI=1S/C23H31N5O/c1-15-16(2)24-21(23(29)27(3)4)26-22(15)28-11-10-19(14-28)25-20-12-18(13-20)17-8-6-5-7-9-17/h5-9,18-20,25H,10-14H2,1-4H3/t18?,19-,20?/m1/s1. The Morgan fingerprint density at radius 1 is 1.10 bits per heavy atom. The number of nitrogens with zero attached hydrogens (tertiary/aromatic N) is 4. The van der Waals surface area contributed by atoms with Gasteiger partial charge in [-0.1, -0.05) is 30.3 Å². The van der Waals surface area contributed by atoms with E-state index in [-0.39, 0.29) is 11.7 Å². The van der Waals surface area contributed by atoms with Gasteiger partial charge < -0.3 is 15.1 Å². The third-order valence-electron chi connectivity index (χ3n) is 6.33. The maximum Gasteiger partial charge on any atom is 0.291 e. The summed E-state index contributed by atoms with van der Waals surface area (Å²) >= 11 is 0. The van der Waals surface area contributed by atoms with Crippen molar-refractivity contribution in [2.75, 3.05) is 32.1 Å². The van der Waals surface area contributed by atoms with Crippen LogP contribution in [0.25, 0.3) is 0 Å². The van der Waals surface area contributed by atoms with Crippen molar-refractivity contribution in [2.24, 2.45) is 0 Å². The molecule has 2 heterocycles. The second-order valence-corrected chi connectivity index (χ2v) is 8.66. The van der Waals surface area contributed by atoms with Crippen LogP contribution in [0.5, 0.6) is 0 Å². The highest BCUT2D eigenvalue weighted by molar-refractivity contribution is 5.90. The van der Waals surface area contributed by atoms with Crippen molar-refractivity contribution < 1.29 is 4.79 Å². The number of hydrogen-bond acceptors (Lipinski definition) is 5. The van der Waals surface area contributed by atoms with Crippen molar-refractivity contribution in [3.05, 3.63) is 53.0 Å². The van der Waals surface area contributed by atoms with Crippen LogP contribution in [0.3, 0.4) is 0 Å². The Labute approximate surface area is 173 Å². The molecular formula is C23H31N5O. The van der Waals surface area contributed by atoms with Crippen molar-refractivity contribution in [1.82, 2.24) is 20.2 Å². The second kappa shape index (κ2) is 8.11. The van der Waals surface area contributed by atoms with Crippen LogP contribution in [0.2, 0.25) is 0 Å². The van der Waals surface area contributed by atoms with Gasteiger partial charge in [-0.2, -0.15) is 0 Å². The van der Waals surface area contributed by atoms with Crippen LogP contribution in [-0.4, -0.2) is 60.0 Å². The molecule has 6 heteroatoms. The molecule has 1 atom stereocenters. The molecule has 1 amide bonds. The van der Waals surface area contributed by atoms with Crippen LogP contribution < -0.4 is 10.2 Å². The molecule has 0 unspecified atom stereocenters. The van der Waals surface area contributed by atoms with Gasteiger partial charge in [-0.15, -0.1) is 0 Å². The summed E-state index contributed by atoms with van der Waals surface area (Å²) in [6.45, 7) is 5.89. The van der Waals surface area contributed by atoms with Gasteiger partial charge in [-0.25, -0.2) is 9.97 Å². The predicted octanol–water partition coefficient (Wildman–Crippen LogP) is 2.91. The number of benzene rings is 1. The van der Waals surface area contributed by atoms with Gasteiger partial charge in [0.15, 0.2) is 0 Å². The zero-order chi connectivity index (χ0) is 20.5. The zero-order valence-corrected chi connectivity index (χ0v) is 17.9. The van der Waals surface area contributed by atoms with E-state index < -0.39 is 0 Å². The third kappa shape index (κ3) is 4.13. The first-order valence-electron chi connectivity index (χ1n) is 10.5. The van der Waals surface area contributed by atoms with Gasteiger partial charge >= 0.3 is 0 Å². The molecule has 0 bridgehead atoms. The molecule has 1 saturated carbocycles. The molecule has 4 rings (SSSR count). The smallest absolute Gasteiger partial charge is 0.291 e. The lowest BCUT2D eigenvalue weighted by atomic mass is 9.75. The van der Waals surface area contributed by atoms with Gasteiger partial charge in [0.2, 0.25) is 5.82 Å². The Kier molecular flexibility index (Phi) is 5.54. The number of aryl methyl sites for hydroxylation is 1. The fourth-order valence-electron chi connectivity index (χ4n) is 4.39. The molecule has 1 aromatic carbocycles. The van der Waals surface area contributed by atoms with Crippen molar-refractivity contribution in [3.63, 3.8) is 0 Å².